The molecule has 30 heavy (non-hydrogen) atoms. The molecule has 2 aromatic heterocycles. The average Bonchev–Trinajstić information content (AvgIpc) is 3.13. The van der Waals surface area contributed by atoms with E-state index in [1.807, 2.05) is 42.2 Å². The second kappa shape index (κ2) is 10.7. The Hall–Kier alpha value is -2.22. The molecule has 162 valence electrons. The van der Waals surface area contributed by atoms with Gasteiger partial charge in [0.05, 0.1) is 16.9 Å². The Kier molecular flexibility index (Phi) is 8.58. The molecule has 0 radical (unpaired) electrons. The quantitative estimate of drug-likeness (QED) is 0.642. The molecule has 4 rings (SSSR count). The Morgan fingerprint density at radius 1 is 1.23 bits per heavy atom. The number of pyridine rings is 1. The normalized spacial score (nSPS) is 14.1. The molecule has 1 aromatic carbocycles. The first kappa shape index (κ1) is 24.1. The molecule has 1 aliphatic heterocycles. The average molecular weight is 451 g/mol. The van der Waals surface area contributed by atoms with Crippen molar-refractivity contribution in [2.45, 2.75) is 39.2 Å². The molecule has 0 atom stereocenters. The van der Waals surface area contributed by atoms with Crippen LogP contribution < -0.4 is 5.32 Å². The van der Waals surface area contributed by atoms with Crippen LogP contribution >= 0.6 is 24.8 Å². The van der Waals surface area contributed by atoms with Crippen LogP contribution in [0.3, 0.4) is 0 Å². The number of piperidine rings is 1. The van der Waals surface area contributed by atoms with Gasteiger partial charge in [0.2, 0.25) is 0 Å². The molecule has 0 bridgehead atoms. The zero-order valence-electron chi connectivity index (χ0n) is 17.2. The van der Waals surface area contributed by atoms with Gasteiger partial charge in [0, 0.05) is 24.2 Å². The lowest BCUT2D eigenvalue weighted by molar-refractivity contribution is 0.0635. The van der Waals surface area contributed by atoms with Gasteiger partial charge < -0.3 is 10.2 Å². The molecule has 1 amide bonds. The Balaban J connectivity index is 0.00000160. The number of carbonyl (C=O) groups is 1. The standard InChI is InChI=1S/C21H26N6O.2ClH/c1-3-13-26(17-8-11-22-12-9-17)21(28)20-15(2)27(25-24-20)18-6-7-19-16(14-18)5-4-10-23-19;;/h4-7,10,14,17,22H,3,8-9,11-13H2,1-2H3;2*1H. The number of hydrogen-bond donors (Lipinski definition) is 1. The first-order chi connectivity index (χ1) is 13.7. The van der Waals surface area contributed by atoms with Crippen molar-refractivity contribution < 1.29 is 4.79 Å². The minimum Gasteiger partial charge on any atom is -0.334 e. The van der Waals surface area contributed by atoms with E-state index in [1.54, 1.807) is 10.9 Å². The van der Waals surface area contributed by atoms with Crippen LogP contribution in [-0.4, -0.2) is 56.5 Å². The number of rotatable bonds is 5. The van der Waals surface area contributed by atoms with Gasteiger partial charge in [-0.15, -0.1) is 29.9 Å². The van der Waals surface area contributed by atoms with Gasteiger partial charge in [-0.05, 0) is 63.5 Å². The minimum atomic E-state index is -0.0139. The molecule has 1 N–H and O–H groups in total. The smallest absolute Gasteiger partial charge is 0.276 e. The van der Waals surface area contributed by atoms with Crippen molar-refractivity contribution in [2.75, 3.05) is 19.6 Å². The number of aromatic nitrogens is 4. The van der Waals surface area contributed by atoms with Gasteiger partial charge in [-0.1, -0.05) is 18.2 Å². The summed E-state index contributed by atoms with van der Waals surface area (Å²) in [5.41, 5.74) is 3.02. The maximum atomic E-state index is 13.3. The van der Waals surface area contributed by atoms with E-state index in [4.69, 9.17) is 0 Å². The summed E-state index contributed by atoms with van der Waals surface area (Å²) < 4.78 is 1.74. The summed E-state index contributed by atoms with van der Waals surface area (Å²) >= 11 is 0. The first-order valence-electron chi connectivity index (χ1n) is 9.98. The van der Waals surface area contributed by atoms with Crippen LogP contribution in [0.25, 0.3) is 16.6 Å². The number of amides is 1. The second-order valence-corrected chi connectivity index (χ2v) is 7.30. The fourth-order valence-corrected chi connectivity index (χ4v) is 3.91. The zero-order chi connectivity index (χ0) is 19.5. The zero-order valence-corrected chi connectivity index (χ0v) is 18.9. The lowest BCUT2D eigenvalue weighted by atomic mass is 10.0. The van der Waals surface area contributed by atoms with Crippen molar-refractivity contribution in [2.24, 2.45) is 0 Å². The Bertz CT molecular complexity index is 987. The maximum absolute atomic E-state index is 13.3. The highest BCUT2D eigenvalue weighted by molar-refractivity contribution is 5.93. The molecule has 0 unspecified atom stereocenters. The van der Waals surface area contributed by atoms with E-state index in [0.29, 0.717) is 5.69 Å². The Morgan fingerprint density at radius 2 is 2.00 bits per heavy atom. The van der Waals surface area contributed by atoms with Gasteiger partial charge in [0.25, 0.3) is 5.91 Å². The van der Waals surface area contributed by atoms with Crippen LogP contribution in [0.4, 0.5) is 0 Å². The van der Waals surface area contributed by atoms with Crippen molar-refractivity contribution in [3.8, 4) is 5.69 Å². The summed E-state index contributed by atoms with van der Waals surface area (Å²) in [4.78, 5) is 19.6. The van der Waals surface area contributed by atoms with E-state index in [0.717, 1.165) is 61.2 Å². The number of carbonyl (C=O) groups excluding carboxylic acids is 1. The van der Waals surface area contributed by atoms with Crippen molar-refractivity contribution >= 4 is 41.6 Å². The van der Waals surface area contributed by atoms with Crippen molar-refractivity contribution in [1.29, 1.82) is 0 Å². The summed E-state index contributed by atoms with van der Waals surface area (Å²) in [6.07, 6.45) is 4.68. The molecule has 0 aliphatic carbocycles. The number of nitrogens with zero attached hydrogens (tertiary/aromatic N) is 5. The molecule has 3 aromatic rings. The van der Waals surface area contributed by atoms with Gasteiger partial charge in [-0.3, -0.25) is 9.78 Å². The minimum absolute atomic E-state index is 0. The topological polar surface area (TPSA) is 75.9 Å². The Labute approximate surface area is 189 Å². The highest BCUT2D eigenvalue weighted by Gasteiger charge is 2.29. The largest absolute Gasteiger partial charge is 0.334 e. The van der Waals surface area contributed by atoms with Crippen LogP contribution in [0.1, 0.15) is 42.4 Å². The molecule has 9 heteroatoms. The van der Waals surface area contributed by atoms with E-state index in [1.165, 1.54) is 0 Å². The number of halogens is 2. The number of fused-ring (bicyclic) bond motifs is 1. The summed E-state index contributed by atoms with van der Waals surface area (Å²) in [5, 5.41) is 12.9. The summed E-state index contributed by atoms with van der Waals surface area (Å²) in [6, 6.07) is 10.1. The molecule has 1 saturated heterocycles. The van der Waals surface area contributed by atoms with E-state index in [-0.39, 0.29) is 36.8 Å². The lowest BCUT2D eigenvalue weighted by Gasteiger charge is -2.34. The summed E-state index contributed by atoms with van der Waals surface area (Å²) in [6.45, 7) is 6.67. The van der Waals surface area contributed by atoms with Crippen LogP contribution in [0.5, 0.6) is 0 Å². The van der Waals surface area contributed by atoms with E-state index in [9.17, 15) is 4.79 Å². The molecule has 0 spiro atoms. The third kappa shape index (κ3) is 4.74. The number of nitrogens with one attached hydrogen (secondary N) is 1. The third-order valence-corrected chi connectivity index (χ3v) is 5.40. The highest BCUT2D eigenvalue weighted by Crippen LogP contribution is 2.21. The van der Waals surface area contributed by atoms with Crippen molar-refractivity contribution in [3.05, 3.63) is 47.9 Å². The highest BCUT2D eigenvalue weighted by atomic mass is 35.5. The van der Waals surface area contributed by atoms with E-state index in [2.05, 4.69) is 27.5 Å². The third-order valence-electron chi connectivity index (χ3n) is 5.40. The fraction of sp³-hybridized carbons (Fsp3) is 0.429. The lowest BCUT2D eigenvalue weighted by Crippen LogP contribution is -2.46. The monoisotopic (exact) mass is 450 g/mol. The Morgan fingerprint density at radius 3 is 2.73 bits per heavy atom. The van der Waals surface area contributed by atoms with Gasteiger partial charge >= 0.3 is 0 Å². The molecule has 1 aliphatic rings. The number of benzene rings is 1. The van der Waals surface area contributed by atoms with Crippen LogP contribution in [-0.2, 0) is 0 Å². The maximum Gasteiger partial charge on any atom is 0.276 e. The van der Waals surface area contributed by atoms with Crippen molar-refractivity contribution in [1.82, 2.24) is 30.2 Å². The second-order valence-electron chi connectivity index (χ2n) is 7.30. The van der Waals surface area contributed by atoms with Gasteiger partial charge in [-0.25, -0.2) is 4.68 Å². The van der Waals surface area contributed by atoms with Crippen molar-refractivity contribution in [3.63, 3.8) is 0 Å². The van der Waals surface area contributed by atoms with Gasteiger partial charge in [-0.2, -0.15) is 0 Å². The molecular formula is C21H28Cl2N6O. The van der Waals surface area contributed by atoms with Gasteiger partial charge in [0.15, 0.2) is 5.69 Å². The first-order valence-corrected chi connectivity index (χ1v) is 9.98. The van der Waals surface area contributed by atoms with E-state index < -0.39 is 0 Å². The van der Waals surface area contributed by atoms with Gasteiger partial charge in [0.1, 0.15) is 0 Å². The van der Waals surface area contributed by atoms with Crippen LogP contribution in [0.2, 0.25) is 0 Å². The number of hydrogen-bond acceptors (Lipinski definition) is 5. The molecular weight excluding hydrogens is 423 g/mol. The molecule has 1 fully saturated rings. The SMILES string of the molecule is CCCN(C(=O)c1nnn(-c2ccc3ncccc3c2)c1C)C1CCNCC1.Cl.Cl. The fourth-order valence-electron chi connectivity index (χ4n) is 3.91. The van der Waals surface area contributed by atoms with Crippen LogP contribution in [0.15, 0.2) is 36.5 Å². The van der Waals surface area contributed by atoms with E-state index >= 15 is 0 Å². The molecule has 0 saturated carbocycles. The van der Waals surface area contributed by atoms with Crippen LogP contribution in [0, 0.1) is 6.92 Å². The summed E-state index contributed by atoms with van der Waals surface area (Å²) in [5.74, 6) is -0.0139. The predicted octanol–water partition coefficient (Wildman–Crippen LogP) is 3.57. The predicted molar refractivity (Wildman–Crippen MR) is 123 cm³/mol. The summed E-state index contributed by atoms with van der Waals surface area (Å²) in [7, 11) is 0. The molecule has 7 nitrogen and oxygen atoms in total. The molecule has 3 heterocycles.